The van der Waals surface area contributed by atoms with E-state index < -0.39 is 16.9 Å². The number of carbonyl (C=O) groups is 1. The van der Waals surface area contributed by atoms with Crippen molar-refractivity contribution in [3.8, 4) is 6.07 Å². The molecule has 0 saturated carbocycles. The minimum Gasteiger partial charge on any atom is -0.481 e. The molecular formula is C13H15N3O4. The lowest BCUT2D eigenvalue weighted by Gasteiger charge is -2.21. The first kappa shape index (κ1) is 15.4. The van der Waals surface area contributed by atoms with Gasteiger partial charge in [0.1, 0.15) is 5.69 Å². The zero-order valence-corrected chi connectivity index (χ0v) is 11.2. The van der Waals surface area contributed by atoms with E-state index in [0.717, 1.165) is 0 Å². The van der Waals surface area contributed by atoms with E-state index in [9.17, 15) is 14.9 Å². The molecule has 1 rings (SSSR count). The zero-order valence-electron chi connectivity index (χ0n) is 11.2. The lowest BCUT2D eigenvalue weighted by atomic mass is 10.0. The summed E-state index contributed by atoms with van der Waals surface area (Å²) < 4.78 is 0. The Morgan fingerprint density at radius 3 is 2.65 bits per heavy atom. The van der Waals surface area contributed by atoms with Crippen LogP contribution in [0.2, 0.25) is 0 Å². The van der Waals surface area contributed by atoms with Gasteiger partial charge in [0, 0.05) is 12.1 Å². The summed E-state index contributed by atoms with van der Waals surface area (Å²) >= 11 is 0. The fraction of sp³-hybridized carbons (Fsp3) is 0.385. The highest BCUT2D eigenvalue weighted by Crippen LogP contribution is 2.27. The van der Waals surface area contributed by atoms with Gasteiger partial charge in [0.25, 0.3) is 5.69 Å². The number of rotatable bonds is 6. The maximum absolute atomic E-state index is 11.0. The number of nitro groups is 1. The Morgan fingerprint density at radius 2 is 2.20 bits per heavy atom. The minimum absolute atomic E-state index is 0.0126. The molecule has 0 aromatic heterocycles. The number of carboxylic acids is 1. The van der Waals surface area contributed by atoms with Crippen LogP contribution in [0.5, 0.6) is 0 Å². The van der Waals surface area contributed by atoms with E-state index in [0.29, 0.717) is 0 Å². The van der Waals surface area contributed by atoms with Crippen molar-refractivity contribution in [1.82, 2.24) is 0 Å². The lowest BCUT2D eigenvalue weighted by molar-refractivity contribution is -0.384. The molecule has 0 fully saturated rings. The molecule has 106 valence electrons. The van der Waals surface area contributed by atoms with Gasteiger partial charge in [-0.3, -0.25) is 14.9 Å². The molecule has 1 aromatic rings. The molecule has 0 saturated heterocycles. The van der Waals surface area contributed by atoms with Crippen LogP contribution in [0.4, 0.5) is 11.4 Å². The van der Waals surface area contributed by atoms with Gasteiger partial charge in [0.05, 0.1) is 23.0 Å². The molecule has 0 spiro atoms. The van der Waals surface area contributed by atoms with E-state index >= 15 is 0 Å². The van der Waals surface area contributed by atoms with Crippen LogP contribution >= 0.6 is 0 Å². The molecule has 0 amide bonds. The third-order valence-corrected chi connectivity index (χ3v) is 2.86. The standard InChI is InChI=1S/C13H15N3O4/c1-8(2)11(6-13(17)18)15-10-4-3-9(7-14)5-12(10)16(19)20/h3-5,8,11,15H,6H2,1-2H3,(H,17,18). The number of aliphatic carboxylic acids is 1. The summed E-state index contributed by atoms with van der Waals surface area (Å²) in [6.45, 7) is 3.66. The van der Waals surface area contributed by atoms with Crippen LogP contribution in [0.3, 0.4) is 0 Å². The van der Waals surface area contributed by atoms with Gasteiger partial charge in [-0.25, -0.2) is 0 Å². The molecule has 20 heavy (non-hydrogen) atoms. The Morgan fingerprint density at radius 1 is 1.55 bits per heavy atom. The fourth-order valence-corrected chi connectivity index (χ4v) is 1.72. The predicted molar refractivity (Wildman–Crippen MR) is 72.3 cm³/mol. The highest BCUT2D eigenvalue weighted by atomic mass is 16.6. The first-order valence-electron chi connectivity index (χ1n) is 6.02. The topological polar surface area (TPSA) is 116 Å². The molecule has 0 aliphatic rings. The number of nitro benzene ring substituents is 1. The van der Waals surface area contributed by atoms with Crippen LogP contribution in [0.25, 0.3) is 0 Å². The Hall–Kier alpha value is -2.62. The third kappa shape index (κ3) is 3.95. The highest BCUT2D eigenvalue weighted by molar-refractivity contribution is 5.70. The summed E-state index contributed by atoms with van der Waals surface area (Å²) in [7, 11) is 0. The van der Waals surface area contributed by atoms with E-state index in [1.54, 1.807) is 0 Å². The monoisotopic (exact) mass is 277 g/mol. The van der Waals surface area contributed by atoms with Gasteiger partial charge >= 0.3 is 5.97 Å². The summed E-state index contributed by atoms with van der Waals surface area (Å²) in [5.74, 6) is -0.992. The number of benzene rings is 1. The SMILES string of the molecule is CC(C)C(CC(=O)O)Nc1ccc(C#N)cc1[N+](=O)[O-]. The maximum Gasteiger partial charge on any atom is 0.305 e. The Labute approximate surface area is 116 Å². The Kier molecular flexibility index (Phi) is 5.03. The molecule has 1 unspecified atom stereocenters. The van der Waals surface area contributed by atoms with E-state index in [2.05, 4.69) is 5.32 Å². The van der Waals surface area contributed by atoms with Gasteiger partial charge < -0.3 is 10.4 Å². The van der Waals surface area contributed by atoms with Gasteiger partial charge in [-0.1, -0.05) is 13.8 Å². The number of hydrogen-bond donors (Lipinski definition) is 2. The summed E-state index contributed by atoms with van der Waals surface area (Å²) in [4.78, 5) is 21.2. The molecular weight excluding hydrogens is 262 g/mol. The van der Waals surface area contributed by atoms with Crippen molar-refractivity contribution in [2.24, 2.45) is 5.92 Å². The van der Waals surface area contributed by atoms with Crippen LogP contribution in [-0.4, -0.2) is 22.0 Å². The Balaban J connectivity index is 3.09. The van der Waals surface area contributed by atoms with Crippen LogP contribution in [0, 0.1) is 27.4 Å². The summed E-state index contributed by atoms with van der Waals surface area (Å²) in [6, 6.07) is 5.44. The van der Waals surface area contributed by atoms with Gasteiger partial charge in [-0.05, 0) is 18.1 Å². The molecule has 0 aliphatic heterocycles. The molecule has 0 aliphatic carbocycles. The lowest BCUT2D eigenvalue weighted by Crippen LogP contribution is -2.28. The first-order valence-corrected chi connectivity index (χ1v) is 6.02. The van der Waals surface area contributed by atoms with E-state index in [4.69, 9.17) is 10.4 Å². The smallest absolute Gasteiger partial charge is 0.305 e. The number of nitriles is 1. The second kappa shape index (κ2) is 6.52. The van der Waals surface area contributed by atoms with Crippen molar-refractivity contribution in [3.05, 3.63) is 33.9 Å². The quantitative estimate of drug-likeness (QED) is 0.609. The molecule has 1 atom stereocenters. The predicted octanol–water partition coefficient (Wildman–Crippen LogP) is 2.38. The number of carboxylic acid groups (broad SMARTS) is 1. The maximum atomic E-state index is 11.0. The number of nitrogens with one attached hydrogen (secondary N) is 1. The first-order chi connectivity index (χ1) is 9.35. The normalized spacial score (nSPS) is 11.7. The molecule has 7 nitrogen and oxygen atoms in total. The van der Waals surface area contributed by atoms with Crippen molar-refractivity contribution in [2.75, 3.05) is 5.32 Å². The van der Waals surface area contributed by atoms with Gasteiger partial charge in [-0.15, -0.1) is 0 Å². The summed E-state index contributed by atoms with van der Waals surface area (Å²) in [5.41, 5.74) is 0.163. The van der Waals surface area contributed by atoms with Crippen molar-refractivity contribution in [3.63, 3.8) is 0 Å². The van der Waals surface area contributed by atoms with Crippen LogP contribution in [0.1, 0.15) is 25.8 Å². The van der Waals surface area contributed by atoms with E-state index in [-0.39, 0.29) is 29.3 Å². The van der Waals surface area contributed by atoms with Crippen molar-refractivity contribution >= 4 is 17.3 Å². The van der Waals surface area contributed by atoms with Crippen molar-refractivity contribution in [2.45, 2.75) is 26.3 Å². The van der Waals surface area contributed by atoms with Crippen molar-refractivity contribution < 1.29 is 14.8 Å². The van der Waals surface area contributed by atoms with Crippen LogP contribution < -0.4 is 5.32 Å². The zero-order chi connectivity index (χ0) is 15.3. The molecule has 0 bridgehead atoms. The molecule has 7 heteroatoms. The third-order valence-electron chi connectivity index (χ3n) is 2.86. The summed E-state index contributed by atoms with van der Waals surface area (Å²) in [5, 5.41) is 31.5. The average Bonchev–Trinajstić information content (AvgIpc) is 2.37. The largest absolute Gasteiger partial charge is 0.481 e. The molecule has 1 aromatic carbocycles. The second-order valence-electron chi connectivity index (χ2n) is 4.69. The molecule has 2 N–H and O–H groups in total. The van der Waals surface area contributed by atoms with Gasteiger partial charge in [0.15, 0.2) is 0 Å². The second-order valence-corrected chi connectivity index (χ2v) is 4.69. The number of anilines is 1. The van der Waals surface area contributed by atoms with Gasteiger partial charge in [0.2, 0.25) is 0 Å². The fourth-order valence-electron chi connectivity index (χ4n) is 1.72. The highest BCUT2D eigenvalue weighted by Gasteiger charge is 2.22. The van der Waals surface area contributed by atoms with E-state index in [1.807, 2.05) is 19.9 Å². The van der Waals surface area contributed by atoms with Crippen LogP contribution in [0.15, 0.2) is 18.2 Å². The minimum atomic E-state index is -0.979. The Bertz CT molecular complexity index is 563. The molecule has 0 radical (unpaired) electrons. The number of hydrogen-bond acceptors (Lipinski definition) is 5. The van der Waals surface area contributed by atoms with Crippen molar-refractivity contribution in [1.29, 1.82) is 5.26 Å². The molecule has 0 heterocycles. The van der Waals surface area contributed by atoms with Gasteiger partial charge in [-0.2, -0.15) is 5.26 Å². The number of nitrogens with zero attached hydrogens (tertiary/aromatic N) is 2. The van der Waals surface area contributed by atoms with E-state index in [1.165, 1.54) is 18.2 Å². The van der Waals surface area contributed by atoms with Crippen LogP contribution in [-0.2, 0) is 4.79 Å². The summed E-state index contributed by atoms with van der Waals surface area (Å²) in [6.07, 6.45) is -0.144. The average molecular weight is 277 g/mol.